The molecule has 0 aliphatic carbocycles. The first-order valence-electron chi connectivity index (χ1n) is 6.64. The highest BCUT2D eigenvalue weighted by molar-refractivity contribution is 9.10. The molecule has 0 bridgehead atoms. The van der Waals surface area contributed by atoms with Gasteiger partial charge in [0.15, 0.2) is 0 Å². The molecule has 2 rings (SSSR count). The summed E-state index contributed by atoms with van der Waals surface area (Å²) in [6.07, 6.45) is 0. The summed E-state index contributed by atoms with van der Waals surface area (Å²) in [5.74, 6) is -3.31. The quantitative estimate of drug-likeness (QED) is 0.880. The molecule has 2 aromatic rings. The van der Waals surface area contributed by atoms with E-state index in [1.165, 1.54) is 13.1 Å². The van der Waals surface area contributed by atoms with Gasteiger partial charge in [0, 0.05) is 11.5 Å². The first kappa shape index (κ1) is 17.1. The number of nitrogens with zero attached hydrogens (tertiary/aromatic N) is 1. The molecular weight excluding hydrogens is 370 g/mol. The van der Waals surface area contributed by atoms with E-state index in [2.05, 4.69) is 21.2 Å². The number of carbonyl (C=O) groups excluding carboxylic acids is 2. The number of carbonyl (C=O) groups is 2. The third kappa shape index (κ3) is 4.13. The number of para-hydroxylation sites is 1. The van der Waals surface area contributed by atoms with E-state index >= 15 is 0 Å². The van der Waals surface area contributed by atoms with Gasteiger partial charge in [-0.25, -0.2) is 8.78 Å². The van der Waals surface area contributed by atoms with Crippen LogP contribution >= 0.6 is 15.9 Å². The van der Waals surface area contributed by atoms with Gasteiger partial charge in [0.05, 0.1) is 12.2 Å². The minimum atomic E-state index is -0.965. The van der Waals surface area contributed by atoms with Crippen molar-refractivity contribution in [2.75, 3.05) is 18.9 Å². The minimum Gasteiger partial charge on any atom is -0.332 e. The minimum absolute atomic E-state index is 0.339. The molecule has 1 N–H and O–H groups in total. The maximum atomic E-state index is 13.6. The summed E-state index contributed by atoms with van der Waals surface area (Å²) < 4.78 is 27.9. The van der Waals surface area contributed by atoms with Gasteiger partial charge in [0.2, 0.25) is 5.91 Å². The highest BCUT2D eigenvalue weighted by Crippen LogP contribution is 2.21. The Morgan fingerprint density at radius 1 is 1.09 bits per heavy atom. The largest absolute Gasteiger partial charge is 0.332 e. The van der Waals surface area contributed by atoms with E-state index < -0.39 is 29.0 Å². The molecule has 0 saturated heterocycles. The zero-order valence-corrected chi connectivity index (χ0v) is 13.7. The predicted octanol–water partition coefficient (Wildman–Crippen LogP) is 3.44. The van der Waals surface area contributed by atoms with E-state index in [9.17, 15) is 18.4 Å². The molecule has 120 valence electrons. The zero-order chi connectivity index (χ0) is 17.0. The van der Waals surface area contributed by atoms with Crippen molar-refractivity contribution in [1.82, 2.24) is 4.90 Å². The summed E-state index contributed by atoms with van der Waals surface area (Å²) in [6, 6.07) is 10.1. The second-order valence-corrected chi connectivity index (χ2v) is 5.64. The molecule has 0 unspecified atom stereocenters. The molecular formula is C16H13BrF2N2O2. The molecule has 7 heteroatoms. The molecule has 0 aliphatic heterocycles. The normalized spacial score (nSPS) is 10.3. The van der Waals surface area contributed by atoms with Crippen LogP contribution in [0.15, 0.2) is 46.9 Å². The van der Waals surface area contributed by atoms with Crippen LogP contribution in [0.2, 0.25) is 0 Å². The lowest BCUT2D eigenvalue weighted by molar-refractivity contribution is -0.116. The molecule has 2 aromatic carbocycles. The van der Waals surface area contributed by atoms with Crippen LogP contribution in [-0.4, -0.2) is 30.3 Å². The molecule has 0 fully saturated rings. The van der Waals surface area contributed by atoms with Crippen molar-refractivity contribution >= 4 is 33.4 Å². The van der Waals surface area contributed by atoms with Crippen LogP contribution in [0.5, 0.6) is 0 Å². The van der Waals surface area contributed by atoms with Crippen LogP contribution in [-0.2, 0) is 4.79 Å². The van der Waals surface area contributed by atoms with Crippen molar-refractivity contribution in [1.29, 1.82) is 0 Å². The lowest BCUT2D eigenvalue weighted by atomic mass is 10.1. The molecule has 0 saturated carbocycles. The monoisotopic (exact) mass is 382 g/mol. The third-order valence-corrected chi connectivity index (χ3v) is 3.74. The summed E-state index contributed by atoms with van der Waals surface area (Å²) in [5, 5.41) is 2.61. The number of hydrogen-bond donors (Lipinski definition) is 1. The first-order chi connectivity index (χ1) is 10.9. The van der Waals surface area contributed by atoms with Gasteiger partial charge in [-0.15, -0.1) is 0 Å². The smallest absolute Gasteiger partial charge is 0.260 e. The Bertz CT molecular complexity index is 732. The van der Waals surface area contributed by atoms with Crippen molar-refractivity contribution in [3.8, 4) is 0 Å². The van der Waals surface area contributed by atoms with Crippen molar-refractivity contribution in [2.24, 2.45) is 0 Å². The number of hydrogen-bond acceptors (Lipinski definition) is 2. The Morgan fingerprint density at radius 3 is 2.30 bits per heavy atom. The standard InChI is InChI=1S/C16H13BrF2N2O2/c1-21(16(23)15-11(18)6-4-7-12(15)19)9-14(22)20-13-8-3-2-5-10(13)17/h2-8H,9H2,1H3,(H,20,22). The van der Waals surface area contributed by atoms with Crippen molar-refractivity contribution in [3.05, 3.63) is 64.1 Å². The second-order valence-electron chi connectivity index (χ2n) is 4.79. The van der Waals surface area contributed by atoms with E-state index in [0.29, 0.717) is 10.2 Å². The lowest BCUT2D eigenvalue weighted by Gasteiger charge is -2.17. The molecule has 4 nitrogen and oxygen atoms in total. The van der Waals surface area contributed by atoms with E-state index in [4.69, 9.17) is 0 Å². The Balaban J connectivity index is 2.07. The first-order valence-corrected chi connectivity index (χ1v) is 7.43. The molecule has 2 amide bonds. The number of likely N-dealkylation sites (N-methyl/N-ethyl adjacent to an activating group) is 1. The van der Waals surface area contributed by atoms with Gasteiger partial charge in [-0.1, -0.05) is 18.2 Å². The van der Waals surface area contributed by atoms with Gasteiger partial charge in [0.25, 0.3) is 5.91 Å². The molecule has 0 spiro atoms. The van der Waals surface area contributed by atoms with Gasteiger partial charge < -0.3 is 10.2 Å². The van der Waals surface area contributed by atoms with Gasteiger partial charge in [-0.3, -0.25) is 9.59 Å². The molecule has 0 radical (unpaired) electrons. The molecule has 0 aromatic heterocycles. The fourth-order valence-corrected chi connectivity index (χ4v) is 2.32. The number of nitrogens with one attached hydrogen (secondary N) is 1. The van der Waals surface area contributed by atoms with E-state index in [-0.39, 0.29) is 6.54 Å². The van der Waals surface area contributed by atoms with E-state index in [0.717, 1.165) is 17.0 Å². The number of anilines is 1. The zero-order valence-electron chi connectivity index (χ0n) is 12.1. The average molecular weight is 383 g/mol. The highest BCUT2D eigenvalue weighted by atomic mass is 79.9. The van der Waals surface area contributed by atoms with Crippen molar-refractivity contribution in [2.45, 2.75) is 0 Å². The summed E-state index contributed by atoms with van der Waals surface area (Å²) in [5.41, 5.74) is -0.140. The fraction of sp³-hybridized carbons (Fsp3) is 0.125. The molecule has 23 heavy (non-hydrogen) atoms. The van der Waals surface area contributed by atoms with Crippen molar-refractivity contribution < 1.29 is 18.4 Å². The van der Waals surface area contributed by atoms with E-state index in [1.807, 2.05) is 0 Å². The Labute approximate surface area is 140 Å². The van der Waals surface area contributed by atoms with Gasteiger partial charge in [0.1, 0.15) is 17.2 Å². The molecule has 0 atom stereocenters. The maximum Gasteiger partial charge on any atom is 0.260 e. The predicted molar refractivity (Wildman–Crippen MR) is 86.1 cm³/mol. The summed E-state index contributed by atoms with van der Waals surface area (Å²) in [7, 11) is 1.30. The number of benzene rings is 2. The van der Waals surface area contributed by atoms with Crippen LogP contribution in [0.4, 0.5) is 14.5 Å². The van der Waals surface area contributed by atoms with Gasteiger partial charge >= 0.3 is 0 Å². The summed E-state index contributed by atoms with van der Waals surface area (Å²) >= 11 is 3.28. The Morgan fingerprint density at radius 2 is 1.70 bits per heavy atom. The van der Waals surface area contributed by atoms with Crippen molar-refractivity contribution in [3.63, 3.8) is 0 Å². The van der Waals surface area contributed by atoms with Gasteiger partial charge in [-0.2, -0.15) is 0 Å². The number of amides is 2. The van der Waals surface area contributed by atoms with Crippen LogP contribution in [0.1, 0.15) is 10.4 Å². The SMILES string of the molecule is CN(CC(=O)Nc1ccccc1Br)C(=O)c1c(F)cccc1F. The number of rotatable bonds is 4. The fourth-order valence-electron chi connectivity index (χ4n) is 1.93. The lowest BCUT2D eigenvalue weighted by Crippen LogP contribution is -2.35. The third-order valence-electron chi connectivity index (χ3n) is 3.05. The molecule has 0 aliphatic rings. The van der Waals surface area contributed by atoms with E-state index in [1.54, 1.807) is 24.3 Å². The Kier molecular flexibility index (Phi) is 5.44. The Hall–Kier alpha value is -2.28. The average Bonchev–Trinajstić information content (AvgIpc) is 2.49. The van der Waals surface area contributed by atoms with Crippen LogP contribution in [0.3, 0.4) is 0 Å². The molecule has 0 heterocycles. The van der Waals surface area contributed by atoms with Crippen LogP contribution in [0, 0.1) is 11.6 Å². The number of halogens is 3. The summed E-state index contributed by atoms with van der Waals surface area (Å²) in [6.45, 7) is -0.339. The highest BCUT2D eigenvalue weighted by Gasteiger charge is 2.22. The topological polar surface area (TPSA) is 49.4 Å². The maximum absolute atomic E-state index is 13.6. The van der Waals surface area contributed by atoms with Crippen LogP contribution < -0.4 is 5.32 Å². The van der Waals surface area contributed by atoms with Crippen LogP contribution in [0.25, 0.3) is 0 Å². The second kappa shape index (κ2) is 7.32. The summed E-state index contributed by atoms with van der Waals surface area (Å²) in [4.78, 5) is 25.0. The van der Waals surface area contributed by atoms with Gasteiger partial charge in [-0.05, 0) is 40.2 Å².